The summed E-state index contributed by atoms with van der Waals surface area (Å²) in [5.74, 6) is 1.64. The standard InChI is InChI=1S/C19H26N4O/c1-22-12-11-20-18(22)13-17(16-9-4-3-5-10-16)21-19(24)23(2)14-15-7-6-8-15/h3-5,9-12,15,17H,6-8,13-14H2,1-2H3,(H,21,24). The van der Waals surface area contributed by atoms with Gasteiger partial charge in [-0.1, -0.05) is 36.8 Å². The molecule has 3 rings (SSSR count). The number of aryl methyl sites for hydroxylation is 1. The first-order chi connectivity index (χ1) is 11.6. The summed E-state index contributed by atoms with van der Waals surface area (Å²) in [4.78, 5) is 18.8. The maximum atomic E-state index is 12.6. The second-order valence-corrected chi connectivity index (χ2v) is 6.75. The molecule has 1 aliphatic rings. The van der Waals surface area contributed by atoms with E-state index in [1.807, 2.05) is 48.0 Å². The van der Waals surface area contributed by atoms with Crippen molar-refractivity contribution < 1.29 is 4.79 Å². The van der Waals surface area contributed by atoms with Crippen molar-refractivity contribution in [3.8, 4) is 0 Å². The highest BCUT2D eigenvalue weighted by molar-refractivity contribution is 5.74. The summed E-state index contributed by atoms with van der Waals surface area (Å²) in [6.07, 6.45) is 8.19. The summed E-state index contributed by atoms with van der Waals surface area (Å²) in [6.45, 7) is 0.843. The maximum absolute atomic E-state index is 12.6. The zero-order valence-corrected chi connectivity index (χ0v) is 14.5. The van der Waals surface area contributed by atoms with Crippen LogP contribution in [0.1, 0.15) is 36.7 Å². The van der Waals surface area contributed by atoms with Gasteiger partial charge in [-0.05, 0) is 24.3 Å². The minimum Gasteiger partial charge on any atom is -0.338 e. The molecule has 0 bridgehead atoms. The summed E-state index contributed by atoms with van der Waals surface area (Å²) in [6, 6.07) is 10.0. The van der Waals surface area contributed by atoms with Crippen LogP contribution in [-0.2, 0) is 13.5 Å². The number of rotatable bonds is 6. The third-order valence-corrected chi connectivity index (χ3v) is 4.91. The molecule has 1 saturated carbocycles. The molecule has 0 radical (unpaired) electrons. The Labute approximate surface area is 143 Å². The minimum absolute atomic E-state index is 0.00929. The molecular formula is C19H26N4O. The number of hydrogen-bond acceptors (Lipinski definition) is 2. The largest absolute Gasteiger partial charge is 0.338 e. The number of nitrogens with zero attached hydrogens (tertiary/aromatic N) is 3. The van der Waals surface area contributed by atoms with Gasteiger partial charge in [0.15, 0.2) is 0 Å². The van der Waals surface area contributed by atoms with Crippen molar-refractivity contribution in [2.24, 2.45) is 13.0 Å². The molecule has 1 unspecified atom stereocenters. The van der Waals surface area contributed by atoms with E-state index in [9.17, 15) is 4.79 Å². The first-order valence-electron chi connectivity index (χ1n) is 8.66. The number of urea groups is 1. The van der Waals surface area contributed by atoms with Crippen molar-refractivity contribution in [1.82, 2.24) is 19.8 Å². The lowest BCUT2D eigenvalue weighted by molar-refractivity contribution is 0.179. The van der Waals surface area contributed by atoms with E-state index >= 15 is 0 Å². The van der Waals surface area contributed by atoms with Crippen LogP contribution in [0.3, 0.4) is 0 Å². The van der Waals surface area contributed by atoms with Crippen molar-refractivity contribution in [3.05, 3.63) is 54.1 Å². The van der Waals surface area contributed by atoms with Gasteiger partial charge >= 0.3 is 6.03 Å². The number of benzene rings is 1. The summed E-state index contributed by atoms with van der Waals surface area (Å²) in [7, 11) is 3.87. The molecule has 1 aromatic heterocycles. The molecule has 0 saturated heterocycles. The Bertz CT molecular complexity index is 663. The number of carbonyl (C=O) groups is 1. The monoisotopic (exact) mass is 326 g/mol. The van der Waals surface area contributed by atoms with Gasteiger partial charge in [0.25, 0.3) is 0 Å². The second kappa shape index (κ2) is 7.51. The van der Waals surface area contributed by atoms with Crippen LogP contribution in [-0.4, -0.2) is 34.1 Å². The SMILES string of the molecule is CN(CC1CCC1)C(=O)NC(Cc1nccn1C)c1ccccc1. The number of hydrogen-bond donors (Lipinski definition) is 1. The zero-order chi connectivity index (χ0) is 16.9. The van der Waals surface area contributed by atoms with E-state index in [1.54, 1.807) is 6.20 Å². The first kappa shape index (κ1) is 16.6. The molecular weight excluding hydrogens is 300 g/mol. The number of aromatic nitrogens is 2. The number of carbonyl (C=O) groups excluding carboxylic acids is 1. The number of imidazole rings is 1. The third kappa shape index (κ3) is 3.96. The van der Waals surface area contributed by atoms with Crippen LogP contribution in [0.15, 0.2) is 42.7 Å². The predicted molar refractivity (Wildman–Crippen MR) is 94.6 cm³/mol. The smallest absolute Gasteiger partial charge is 0.317 e. The van der Waals surface area contributed by atoms with Crippen LogP contribution >= 0.6 is 0 Å². The summed E-state index contributed by atoms with van der Waals surface area (Å²) in [5.41, 5.74) is 1.10. The van der Waals surface area contributed by atoms with Gasteiger partial charge in [0.05, 0.1) is 6.04 Å². The number of amides is 2. The Morgan fingerprint density at radius 2 is 2.12 bits per heavy atom. The molecule has 1 N–H and O–H groups in total. The molecule has 2 amide bonds. The van der Waals surface area contributed by atoms with E-state index in [0.717, 1.165) is 17.9 Å². The lowest BCUT2D eigenvalue weighted by Crippen LogP contribution is -2.43. The van der Waals surface area contributed by atoms with Crippen molar-refractivity contribution in [2.45, 2.75) is 31.7 Å². The third-order valence-electron chi connectivity index (χ3n) is 4.91. The highest BCUT2D eigenvalue weighted by Crippen LogP contribution is 2.27. The average Bonchev–Trinajstić information content (AvgIpc) is 2.96. The van der Waals surface area contributed by atoms with Crippen LogP contribution in [0.4, 0.5) is 4.79 Å². The second-order valence-electron chi connectivity index (χ2n) is 6.75. The van der Waals surface area contributed by atoms with Gasteiger partial charge in [-0.2, -0.15) is 0 Å². The topological polar surface area (TPSA) is 50.2 Å². The highest BCUT2D eigenvalue weighted by Gasteiger charge is 2.23. The van der Waals surface area contributed by atoms with Crippen molar-refractivity contribution in [2.75, 3.05) is 13.6 Å². The summed E-state index contributed by atoms with van der Waals surface area (Å²) < 4.78 is 2.00. The van der Waals surface area contributed by atoms with Gasteiger partial charge < -0.3 is 14.8 Å². The molecule has 2 aromatic rings. The summed E-state index contributed by atoms with van der Waals surface area (Å²) in [5, 5.41) is 3.19. The Kier molecular flexibility index (Phi) is 5.18. The van der Waals surface area contributed by atoms with Gasteiger partial charge in [-0.15, -0.1) is 0 Å². The van der Waals surface area contributed by atoms with E-state index in [0.29, 0.717) is 12.3 Å². The fraction of sp³-hybridized carbons (Fsp3) is 0.474. The lowest BCUT2D eigenvalue weighted by Gasteiger charge is -2.31. The van der Waals surface area contributed by atoms with E-state index in [2.05, 4.69) is 22.4 Å². The molecule has 1 aromatic carbocycles. The van der Waals surface area contributed by atoms with Crippen molar-refractivity contribution >= 4 is 6.03 Å². The molecule has 128 valence electrons. The van der Waals surface area contributed by atoms with Gasteiger partial charge in [-0.25, -0.2) is 9.78 Å². The molecule has 5 nitrogen and oxygen atoms in total. The van der Waals surface area contributed by atoms with Crippen LogP contribution in [0, 0.1) is 5.92 Å². The maximum Gasteiger partial charge on any atom is 0.317 e. The quantitative estimate of drug-likeness (QED) is 0.886. The fourth-order valence-corrected chi connectivity index (χ4v) is 3.12. The molecule has 1 fully saturated rings. The number of nitrogens with one attached hydrogen (secondary N) is 1. The Morgan fingerprint density at radius 3 is 2.71 bits per heavy atom. The summed E-state index contributed by atoms with van der Waals surface area (Å²) >= 11 is 0. The van der Waals surface area contributed by atoms with E-state index in [-0.39, 0.29) is 12.1 Å². The molecule has 1 atom stereocenters. The van der Waals surface area contributed by atoms with Crippen LogP contribution in [0.2, 0.25) is 0 Å². The van der Waals surface area contributed by atoms with Crippen LogP contribution in [0.25, 0.3) is 0 Å². The lowest BCUT2D eigenvalue weighted by atomic mass is 9.85. The van der Waals surface area contributed by atoms with Crippen molar-refractivity contribution in [1.29, 1.82) is 0 Å². The molecule has 0 spiro atoms. The normalized spacial score (nSPS) is 15.6. The highest BCUT2D eigenvalue weighted by atomic mass is 16.2. The molecule has 5 heteroatoms. The molecule has 1 heterocycles. The molecule has 24 heavy (non-hydrogen) atoms. The Hall–Kier alpha value is -2.30. The van der Waals surface area contributed by atoms with Crippen LogP contribution in [0.5, 0.6) is 0 Å². The van der Waals surface area contributed by atoms with E-state index in [1.165, 1.54) is 19.3 Å². The molecule has 1 aliphatic carbocycles. The van der Waals surface area contributed by atoms with Gasteiger partial charge in [0, 0.05) is 39.5 Å². The van der Waals surface area contributed by atoms with E-state index in [4.69, 9.17) is 0 Å². The minimum atomic E-state index is -0.0800. The Balaban J connectivity index is 1.69. The first-order valence-corrected chi connectivity index (χ1v) is 8.66. The van der Waals surface area contributed by atoms with E-state index < -0.39 is 0 Å². The van der Waals surface area contributed by atoms with Gasteiger partial charge in [0.2, 0.25) is 0 Å². The van der Waals surface area contributed by atoms with Crippen molar-refractivity contribution in [3.63, 3.8) is 0 Å². The van der Waals surface area contributed by atoms with Crippen LogP contribution < -0.4 is 5.32 Å². The average molecular weight is 326 g/mol. The van der Waals surface area contributed by atoms with Gasteiger partial charge in [0.1, 0.15) is 5.82 Å². The predicted octanol–water partition coefficient (Wildman–Crippen LogP) is 3.15. The van der Waals surface area contributed by atoms with Gasteiger partial charge in [-0.3, -0.25) is 0 Å². The molecule has 0 aliphatic heterocycles. The Morgan fingerprint density at radius 1 is 1.38 bits per heavy atom. The zero-order valence-electron chi connectivity index (χ0n) is 14.5. The fourth-order valence-electron chi connectivity index (χ4n) is 3.12.